The molecule has 2 aliphatic rings. The van der Waals surface area contributed by atoms with E-state index in [-0.39, 0.29) is 49.2 Å². The van der Waals surface area contributed by atoms with Gasteiger partial charge in [0.15, 0.2) is 0 Å². The van der Waals surface area contributed by atoms with E-state index in [0.717, 1.165) is 32.1 Å². The molecule has 6 N–H and O–H groups in total. The zero-order chi connectivity index (χ0) is 31.3. The van der Waals surface area contributed by atoms with E-state index in [1.165, 1.54) is 24.3 Å². The number of phosphoric ester groups is 1. The van der Waals surface area contributed by atoms with Crippen molar-refractivity contribution in [3.05, 3.63) is 48.6 Å². The summed E-state index contributed by atoms with van der Waals surface area (Å²) >= 11 is 0. The molecule has 1 aliphatic carbocycles. The zero-order valence-electron chi connectivity index (χ0n) is 24.8. The fourth-order valence-electron chi connectivity index (χ4n) is 5.09. The second-order valence-electron chi connectivity index (χ2n) is 11.2. The Hall–Kier alpha value is -2.11. The number of carbonyl (C=O) groups is 2. The molecule has 1 aliphatic heterocycles. The van der Waals surface area contributed by atoms with Crippen LogP contribution in [-0.4, -0.2) is 68.5 Å². The van der Waals surface area contributed by atoms with E-state index in [2.05, 4.69) is 0 Å². The first-order valence-electron chi connectivity index (χ1n) is 14.8. The quantitative estimate of drug-likeness (QED) is 0.0741. The minimum absolute atomic E-state index is 0.0485. The summed E-state index contributed by atoms with van der Waals surface area (Å²) in [6.07, 6.45) is 13.3. The normalized spacial score (nSPS) is 27.2. The predicted molar refractivity (Wildman–Crippen MR) is 158 cm³/mol. The maximum Gasteiger partial charge on any atom is 0.469 e. The van der Waals surface area contributed by atoms with Crippen LogP contribution in [0.15, 0.2) is 48.6 Å². The largest absolute Gasteiger partial charge is 0.469 e. The van der Waals surface area contributed by atoms with Crippen LogP contribution in [0.2, 0.25) is 0 Å². The molecule has 0 aromatic heterocycles. The van der Waals surface area contributed by atoms with Crippen molar-refractivity contribution in [1.29, 1.82) is 0 Å². The Morgan fingerprint density at radius 3 is 2.64 bits per heavy atom. The minimum Gasteiger partial charge on any atom is -0.462 e. The molecule has 238 valence electrons. The number of hydrogen-bond acceptors (Lipinski definition) is 9. The molecule has 0 radical (unpaired) electrons. The number of cyclic esters (lactones) is 1. The zero-order valence-corrected chi connectivity index (χ0v) is 25.7. The molecule has 11 nitrogen and oxygen atoms in total. The van der Waals surface area contributed by atoms with Crippen LogP contribution in [0.1, 0.15) is 72.1 Å². The van der Waals surface area contributed by atoms with Gasteiger partial charge in [-0.05, 0) is 63.5 Å². The van der Waals surface area contributed by atoms with E-state index in [0.29, 0.717) is 6.42 Å². The molecule has 0 bridgehead atoms. The van der Waals surface area contributed by atoms with Crippen molar-refractivity contribution in [3.8, 4) is 0 Å². The number of carbonyl (C=O) groups excluding carboxylic acids is 2. The maximum absolute atomic E-state index is 12.1. The summed E-state index contributed by atoms with van der Waals surface area (Å²) in [6, 6.07) is 0. The van der Waals surface area contributed by atoms with Crippen LogP contribution in [0.4, 0.5) is 0 Å². The number of aliphatic hydroxyl groups is 2. The summed E-state index contributed by atoms with van der Waals surface area (Å²) in [7, 11) is -5.07. The van der Waals surface area contributed by atoms with Gasteiger partial charge in [0.1, 0.15) is 23.9 Å². The van der Waals surface area contributed by atoms with Gasteiger partial charge in [-0.3, -0.25) is 9.32 Å². The van der Waals surface area contributed by atoms with Gasteiger partial charge in [0.25, 0.3) is 0 Å². The van der Waals surface area contributed by atoms with Crippen molar-refractivity contribution in [2.45, 2.75) is 102 Å². The highest BCUT2D eigenvalue weighted by molar-refractivity contribution is 7.46. The Labute approximate surface area is 248 Å². The molecule has 8 unspecified atom stereocenters. The molecule has 1 saturated carbocycles. The van der Waals surface area contributed by atoms with E-state index in [4.69, 9.17) is 19.7 Å². The Morgan fingerprint density at radius 2 is 2.00 bits per heavy atom. The summed E-state index contributed by atoms with van der Waals surface area (Å²) in [4.78, 5) is 43.0. The average Bonchev–Trinajstić information content (AvgIpc) is 2.93. The topological polar surface area (TPSA) is 186 Å². The second-order valence-corrected chi connectivity index (χ2v) is 12.4. The average molecular weight is 614 g/mol. The minimum atomic E-state index is -5.07. The van der Waals surface area contributed by atoms with Crippen LogP contribution in [0.5, 0.6) is 0 Å². The lowest BCUT2D eigenvalue weighted by Gasteiger charge is -2.35. The second kappa shape index (κ2) is 17.3. The number of esters is 2. The summed E-state index contributed by atoms with van der Waals surface area (Å²) in [5.74, 6) is -0.778. The Balaban J connectivity index is 2.09. The van der Waals surface area contributed by atoms with Gasteiger partial charge in [-0.1, -0.05) is 57.2 Å². The third-order valence-electron chi connectivity index (χ3n) is 7.81. The monoisotopic (exact) mass is 613 g/mol. The van der Waals surface area contributed by atoms with Gasteiger partial charge in [-0.15, -0.1) is 0 Å². The lowest BCUT2D eigenvalue weighted by molar-refractivity contribution is -0.155. The van der Waals surface area contributed by atoms with Crippen molar-refractivity contribution < 1.29 is 48.2 Å². The van der Waals surface area contributed by atoms with Crippen molar-refractivity contribution in [2.24, 2.45) is 23.5 Å². The molecule has 1 heterocycles. The summed E-state index contributed by atoms with van der Waals surface area (Å²) in [6.45, 7) is 5.67. The third kappa shape index (κ3) is 12.2. The van der Waals surface area contributed by atoms with Crippen molar-refractivity contribution in [3.63, 3.8) is 0 Å². The van der Waals surface area contributed by atoms with Gasteiger partial charge >= 0.3 is 19.8 Å². The number of allylic oxidation sites excluding steroid dienone is 3. The number of ether oxygens (including phenoxy) is 2. The van der Waals surface area contributed by atoms with E-state index >= 15 is 0 Å². The molecule has 0 saturated heterocycles. The highest BCUT2D eigenvalue weighted by atomic mass is 31.2. The molecule has 12 heteroatoms. The SMILES string of the molecule is CCC(C)C(=O)OC1CCCC(/C=C/C=C\C(O)CC(OP(=O)(O)O)C(O)(/C=C/C2OC(=O)C=CC2CC)CCN)C1. The number of phosphoric acid groups is 1. The molecule has 0 aromatic rings. The first-order chi connectivity index (χ1) is 19.8. The first-order valence-corrected chi connectivity index (χ1v) is 16.3. The summed E-state index contributed by atoms with van der Waals surface area (Å²) in [5, 5.41) is 22.1. The van der Waals surface area contributed by atoms with Crippen LogP contribution in [0.25, 0.3) is 0 Å². The molecular weight excluding hydrogens is 565 g/mol. The van der Waals surface area contributed by atoms with Crippen LogP contribution in [0, 0.1) is 17.8 Å². The Kier molecular flexibility index (Phi) is 14.8. The molecule has 0 aromatic carbocycles. The molecule has 0 amide bonds. The summed E-state index contributed by atoms with van der Waals surface area (Å²) < 4.78 is 27.7. The molecule has 1 fully saturated rings. The van der Waals surface area contributed by atoms with Crippen molar-refractivity contribution >= 4 is 19.8 Å². The van der Waals surface area contributed by atoms with Gasteiger partial charge in [0, 0.05) is 18.4 Å². The Bertz CT molecular complexity index is 1040. The van der Waals surface area contributed by atoms with Gasteiger partial charge in [0.05, 0.1) is 12.0 Å². The fraction of sp³-hybridized carbons (Fsp3) is 0.667. The molecular formula is C30H48NO10P. The smallest absolute Gasteiger partial charge is 0.462 e. The van der Waals surface area contributed by atoms with E-state index < -0.39 is 37.7 Å². The van der Waals surface area contributed by atoms with Gasteiger partial charge in [0.2, 0.25) is 0 Å². The van der Waals surface area contributed by atoms with Gasteiger partial charge in [-0.2, -0.15) is 0 Å². The van der Waals surface area contributed by atoms with E-state index in [1.807, 2.05) is 26.8 Å². The molecule has 42 heavy (non-hydrogen) atoms. The van der Waals surface area contributed by atoms with E-state index in [9.17, 15) is 34.2 Å². The lowest BCUT2D eigenvalue weighted by Crippen LogP contribution is -2.45. The van der Waals surface area contributed by atoms with Crippen molar-refractivity contribution in [2.75, 3.05) is 6.54 Å². The highest BCUT2D eigenvalue weighted by Crippen LogP contribution is 2.42. The van der Waals surface area contributed by atoms with E-state index in [1.54, 1.807) is 18.2 Å². The Morgan fingerprint density at radius 1 is 1.26 bits per heavy atom. The van der Waals surface area contributed by atoms with Crippen molar-refractivity contribution in [1.82, 2.24) is 0 Å². The maximum atomic E-state index is 12.1. The number of nitrogens with two attached hydrogens (primary N) is 1. The first kappa shape index (κ1) is 36.1. The van der Waals surface area contributed by atoms with Gasteiger partial charge < -0.3 is 35.2 Å². The lowest BCUT2D eigenvalue weighted by atomic mass is 9.86. The summed E-state index contributed by atoms with van der Waals surface area (Å²) in [5.41, 5.74) is 3.73. The van der Waals surface area contributed by atoms with Crippen LogP contribution >= 0.6 is 7.82 Å². The fourth-order valence-corrected chi connectivity index (χ4v) is 5.69. The molecule has 0 spiro atoms. The van der Waals surface area contributed by atoms with Crippen LogP contribution in [0.3, 0.4) is 0 Å². The third-order valence-corrected chi connectivity index (χ3v) is 8.34. The number of aliphatic hydroxyl groups excluding tert-OH is 1. The molecule has 8 atom stereocenters. The van der Waals surface area contributed by atoms with Gasteiger partial charge in [-0.25, -0.2) is 9.36 Å². The van der Waals surface area contributed by atoms with Crippen LogP contribution < -0.4 is 5.73 Å². The number of hydrogen-bond donors (Lipinski definition) is 5. The highest BCUT2D eigenvalue weighted by Gasteiger charge is 2.40. The number of rotatable bonds is 16. The molecule has 2 rings (SSSR count). The van der Waals surface area contributed by atoms with Crippen LogP contribution in [-0.2, 0) is 28.2 Å². The predicted octanol–water partition coefficient (Wildman–Crippen LogP) is 3.62. The standard InChI is InChI=1S/C30H48NO10P/c1-4-21(3)29(34)39-25-12-8-10-22(19-25)9-6-7-11-24(32)20-27(41-42(36,37)38)30(35,17-18-31)16-15-26-23(5-2)13-14-28(33)40-26/h6-7,9,11,13-16,21-27,32,35H,4-5,8,10,12,17-20,31H2,1-3H3,(H2,36,37,38)/b9-6+,11-7-,16-15+.